The first-order valence-electron chi connectivity index (χ1n) is 6.20. The Balaban J connectivity index is 2.30. The minimum absolute atomic E-state index is 0.173. The molecule has 0 saturated heterocycles. The van der Waals surface area contributed by atoms with Crippen LogP contribution in [0.15, 0.2) is 42.6 Å². The third-order valence-electron chi connectivity index (χ3n) is 2.71. The molecule has 0 radical (unpaired) electrons. The molecule has 0 fully saturated rings. The highest BCUT2D eigenvalue weighted by molar-refractivity contribution is 7.15. The summed E-state index contributed by atoms with van der Waals surface area (Å²) in [4.78, 5) is 15.3. The lowest BCUT2D eigenvalue weighted by Gasteiger charge is -2.04. The number of nitriles is 1. The summed E-state index contributed by atoms with van der Waals surface area (Å²) in [7, 11) is 3.66. The molecule has 1 aromatic carbocycles. The maximum absolute atomic E-state index is 12.9. The standard InChI is InChI=1S/C16H13FN2OS/c1-19(2)10-12(9-18)14-7-8-15(21-14)16(20)11-3-5-13(17)6-4-11/h3-8,10H,1-2H3/b12-10+. The number of halogens is 1. The Labute approximate surface area is 126 Å². The highest BCUT2D eigenvalue weighted by Gasteiger charge is 2.13. The van der Waals surface area contributed by atoms with Crippen LogP contribution in [0.2, 0.25) is 0 Å². The van der Waals surface area contributed by atoms with E-state index in [1.165, 1.54) is 35.6 Å². The third kappa shape index (κ3) is 3.56. The smallest absolute Gasteiger partial charge is 0.202 e. The Kier molecular flexibility index (Phi) is 4.51. The number of hydrogen-bond donors (Lipinski definition) is 0. The maximum atomic E-state index is 12.9. The van der Waals surface area contributed by atoms with Gasteiger partial charge in [0.15, 0.2) is 0 Å². The molecule has 2 rings (SSSR count). The van der Waals surface area contributed by atoms with Crippen LogP contribution in [0.3, 0.4) is 0 Å². The van der Waals surface area contributed by atoms with Gasteiger partial charge >= 0.3 is 0 Å². The Morgan fingerprint density at radius 1 is 1.19 bits per heavy atom. The number of carbonyl (C=O) groups excluding carboxylic acids is 1. The molecule has 5 heteroatoms. The van der Waals surface area contributed by atoms with E-state index in [2.05, 4.69) is 6.07 Å². The van der Waals surface area contributed by atoms with Crippen LogP contribution in [0.25, 0.3) is 5.57 Å². The van der Waals surface area contributed by atoms with E-state index in [9.17, 15) is 9.18 Å². The molecule has 1 heterocycles. The number of carbonyl (C=O) groups is 1. The van der Waals surface area contributed by atoms with Gasteiger partial charge in [0.25, 0.3) is 0 Å². The maximum Gasteiger partial charge on any atom is 0.202 e. The summed E-state index contributed by atoms with van der Waals surface area (Å²) in [6.45, 7) is 0. The van der Waals surface area contributed by atoms with Gasteiger partial charge in [0, 0.05) is 30.7 Å². The molecular weight excluding hydrogens is 287 g/mol. The van der Waals surface area contributed by atoms with Gasteiger partial charge < -0.3 is 4.90 Å². The highest BCUT2D eigenvalue weighted by atomic mass is 32.1. The van der Waals surface area contributed by atoms with Crippen LogP contribution in [0.4, 0.5) is 4.39 Å². The van der Waals surface area contributed by atoms with E-state index in [1.807, 2.05) is 14.1 Å². The zero-order chi connectivity index (χ0) is 15.4. The van der Waals surface area contributed by atoms with Gasteiger partial charge in [-0.15, -0.1) is 11.3 Å². The largest absolute Gasteiger partial charge is 0.382 e. The lowest BCUT2D eigenvalue weighted by atomic mass is 10.1. The Morgan fingerprint density at radius 3 is 2.38 bits per heavy atom. The van der Waals surface area contributed by atoms with Crippen LogP contribution in [0.1, 0.15) is 20.1 Å². The van der Waals surface area contributed by atoms with Crippen molar-refractivity contribution in [3.05, 3.63) is 63.7 Å². The van der Waals surface area contributed by atoms with E-state index >= 15 is 0 Å². The Hall–Kier alpha value is -2.45. The first kappa shape index (κ1) is 14.9. The van der Waals surface area contributed by atoms with Crippen molar-refractivity contribution in [2.24, 2.45) is 0 Å². The van der Waals surface area contributed by atoms with Crippen molar-refractivity contribution in [1.29, 1.82) is 5.26 Å². The molecule has 0 spiro atoms. The van der Waals surface area contributed by atoms with E-state index in [1.54, 1.807) is 23.2 Å². The molecule has 0 N–H and O–H groups in total. The van der Waals surface area contributed by atoms with Crippen molar-refractivity contribution in [1.82, 2.24) is 4.90 Å². The monoisotopic (exact) mass is 300 g/mol. The molecular formula is C16H13FN2OS. The van der Waals surface area contributed by atoms with Crippen molar-refractivity contribution in [3.8, 4) is 6.07 Å². The van der Waals surface area contributed by atoms with E-state index in [-0.39, 0.29) is 11.6 Å². The topological polar surface area (TPSA) is 44.1 Å². The molecule has 0 aliphatic carbocycles. The summed E-state index contributed by atoms with van der Waals surface area (Å²) in [6, 6.07) is 11.0. The van der Waals surface area contributed by atoms with E-state index in [0.29, 0.717) is 16.0 Å². The lowest BCUT2D eigenvalue weighted by molar-refractivity contribution is 0.104. The van der Waals surface area contributed by atoms with Crippen LogP contribution in [0.5, 0.6) is 0 Å². The summed E-state index contributed by atoms with van der Waals surface area (Å²) in [5.41, 5.74) is 0.933. The normalized spacial score (nSPS) is 11.0. The molecule has 0 amide bonds. The second-order valence-corrected chi connectivity index (χ2v) is 5.70. The number of rotatable bonds is 4. The molecule has 1 aromatic heterocycles. The van der Waals surface area contributed by atoms with Gasteiger partial charge in [-0.3, -0.25) is 4.79 Å². The predicted molar refractivity (Wildman–Crippen MR) is 81.4 cm³/mol. The average molecular weight is 300 g/mol. The number of ketones is 1. The van der Waals surface area contributed by atoms with Gasteiger partial charge in [-0.1, -0.05) is 0 Å². The Morgan fingerprint density at radius 2 is 1.81 bits per heavy atom. The molecule has 106 valence electrons. The fourth-order valence-corrected chi connectivity index (χ4v) is 2.68. The molecule has 0 unspecified atom stereocenters. The van der Waals surface area contributed by atoms with Gasteiger partial charge in [-0.05, 0) is 36.4 Å². The number of allylic oxidation sites excluding steroid dienone is 1. The van der Waals surface area contributed by atoms with Crippen LogP contribution < -0.4 is 0 Å². The van der Waals surface area contributed by atoms with Crippen molar-refractivity contribution in [2.45, 2.75) is 0 Å². The molecule has 3 nitrogen and oxygen atoms in total. The minimum atomic E-state index is -0.376. The molecule has 0 aliphatic rings. The highest BCUT2D eigenvalue weighted by Crippen LogP contribution is 2.26. The second kappa shape index (κ2) is 6.33. The van der Waals surface area contributed by atoms with Crippen LogP contribution in [-0.4, -0.2) is 24.8 Å². The molecule has 21 heavy (non-hydrogen) atoms. The zero-order valence-corrected chi connectivity index (χ0v) is 12.4. The van der Waals surface area contributed by atoms with Crippen LogP contribution in [-0.2, 0) is 0 Å². The number of nitrogens with zero attached hydrogens (tertiary/aromatic N) is 2. The van der Waals surface area contributed by atoms with Crippen LogP contribution in [0, 0.1) is 17.1 Å². The van der Waals surface area contributed by atoms with Gasteiger partial charge in [0.2, 0.25) is 5.78 Å². The van der Waals surface area contributed by atoms with E-state index in [4.69, 9.17) is 5.26 Å². The predicted octanol–water partition coefficient (Wildman–Crippen LogP) is 3.54. The van der Waals surface area contributed by atoms with Crippen molar-refractivity contribution >= 4 is 22.7 Å². The summed E-state index contributed by atoms with van der Waals surface area (Å²) in [6.07, 6.45) is 1.71. The average Bonchev–Trinajstić information content (AvgIpc) is 2.94. The Bertz CT molecular complexity index is 723. The number of hydrogen-bond acceptors (Lipinski definition) is 4. The molecule has 0 saturated carbocycles. The first-order chi connectivity index (χ1) is 10.0. The zero-order valence-electron chi connectivity index (χ0n) is 11.6. The summed E-state index contributed by atoms with van der Waals surface area (Å²) < 4.78 is 12.9. The van der Waals surface area contributed by atoms with E-state index < -0.39 is 0 Å². The lowest BCUT2D eigenvalue weighted by Crippen LogP contribution is -2.01. The quantitative estimate of drug-likeness (QED) is 0.641. The SMILES string of the molecule is CN(C)/C=C(\C#N)c1ccc(C(=O)c2ccc(F)cc2)s1. The number of benzene rings is 1. The van der Waals surface area contributed by atoms with Gasteiger partial charge in [-0.25, -0.2) is 4.39 Å². The van der Waals surface area contributed by atoms with Crippen LogP contribution >= 0.6 is 11.3 Å². The van der Waals surface area contributed by atoms with Gasteiger partial charge in [0.05, 0.1) is 10.5 Å². The summed E-state index contributed by atoms with van der Waals surface area (Å²) in [5, 5.41) is 9.16. The second-order valence-electron chi connectivity index (χ2n) is 4.62. The summed E-state index contributed by atoms with van der Waals surface area (Å²) in [5.74, 6) is -0.549. The molecule has 0 aliphatic heterocycles. The van der Waals surface area contributed by atoms with Crippen molar-refractivity contribution in [2.75, 3.05) is 14.1 Å². The first-order valence-corrected chi connectivity index (χ1v) is 7.01. The van der Waals surface area contributed by atoms with Gasteiger partial charge in [-0.2, -0.15) is 5.26 Å². The molecule has 0 atom stereocenters. The van der Waals surface area contributed by atoms with Gasteiger partial charge in [0.1, 0.15) is 11.9 Å². The fraction of sp³-hybridized carbons (Fsp3) is 0.125. The van der Waals surface area contributed by atoms with E-state index in [0.717, 1.165) is 4.88 Å². The fourth-order valence-electron chi connectivity index (χ4n) is 1.75. The molecule has 0 bridgehead atoms. The van der Waals surface area contributed by atoms with Crippen molar-refractivity contribution < 1.29 is 9.18 Å². The molecule has 2 aromatic rings. The summed E-state index contributed by atoms with van der Waals surface area (Å²) >= 11 is 1.25. The van der Waals surface area contributed by atoms with Crippen molar-refractivity contribution in [3.63, 3.8) is 0 Å². The number of thiophene rings is 1. The minimum Gasteiger partial charge on any atom is -0.382 e. The third-order valence-corrected chi connectivity index (χ3v) is 3.83.